The second-order valence-electron chi connectivity index (χ2n) is 8.81. The number of hydrogen-bond donors (Lipinski definition) is 1. The van der Waals surface area contributed by atoms with E-state index in [9.17, 15) is 14.4 Å². The average molecular weight is 471 g/mol. The molecule has 1 aromatic rings. The van der Waals surface area contributed by atoms with Gasteiger partial charge in [0, 0.05) is 22.9 Å². The van der Waals surface area contributed by atoms with Crippen LogP contribution in [0.5, 0.6) is 5.75 Å². The van der Waals surface area contributed by atoms with E-state index in [2.05, 4.69) is 0 Å². The van der Waals surface area contributed by atoms with E-state index in [-0.39, 0.29) is 18.4 Å². The summed E-state index contributed by atoms with van der Waals surface area (Å²) in [7, 11) is 0. The van der Waals surface area contributed by atoms with Crippen molar-refractivity contribution in [2.75, 3.05) is 18.6 Å². The summed E-state index contributed by atoms with van der Waals surface area (Å²) in [5.41, 5.74) is 5.64. The minimum Gasteiger partial charge on any atom is -0.480 e. The first-order chi connectivity index (χ1) is 14.4. The van der Waals surface area contributed by atoms with Crippen molar-refractivity contribution in [2.24, 2.45) is 11.7 Å². The Bertz CT molecular complexity index is 840. The number of Topliss-reactive ketones (excluding diaryl/α,β-unsaturated/α-hetero) is 1. The highest BCUT2D eigenvalue weighted by atomic mass is 35.5. The SMILES string of the molecule is CSCCN1C(=O)C(C(C)C)Oc2ccc(Cl)cc2C1C(=O)C(N)C(=O)OC(C)(C)C. The Kier molecular flexibility index (Phi) is 8.41. The molecule has 0 saturated carbocycles. The van der Waals surface area contributed by atoms with Gasteiger partial charge in [0.05, 0.1) is 0 Å². The van der Waals surface area contributed by atoms with Crippen molar-refractivity contribution in [3.05, 3.63) is 28.8 Å². The molecule has 2 N–H and O–H groups in total. The summed E-state index contributed by atoms with van der Waals surface area (Å²) in [4.78, 5) is 41.0. The number of nitrogens with zero attached hydrogens (tertiary/aromatic N) is 1. The van der Waals surface area contributed by atoms with Crippen molar-refractivity contribution in [1.29, 1.82) is 0 Å². The number of nitrogens with two attached hydrogens (primary N) is 1. The lowest BCUT2D eigenvalue weighted by molar-refractivity contribution is -0.160. The number of carbonyl (C=O) groups is 3. The van der Waals surface area contributed by atoms with Gasteiger partial charge in [-0.3, -0.25) is 9.59 Å². The quantitative estimate of drug-likeness (QED) is 0.482. The maximum Gasteiger partial charge on any atom is 0.331 e. The van der Waals surface area contributed by atoms with E-state index in [1.165, 1.54) is 16.7 Å². The molecule has 7 nitrogen and oxygen atoms in total. The molecule has 31 heavy (non-hydrogen) atoms. The van der Waals surface area contributed by atoms with E-state index < -0.39 is 35.5 Å². The van der Waals surface area contributed by atoms with Crippen LogP contribution in [-0.4, -0.2) is 58.9 Å². The predicted octanol–water partition coefficient (Wildman–Crippen LogP) is 3.23. The molecule has 1 aliphatic heterocycles. The van der Waals surface area contributed by atoms with Crippen LogP contribution < -0.4 is 10.5 Å². The second-order valence-corrected chi connectivity index (χ2v) is 10.2. The van der Waals surface area contributed by atoms with Crippen LogP contribution in [0.3, 0.4) is 0 Å². The predicted molar refractivity (Wildman–Crippen MR) is 122 cm³/mol. The summed E-state index contributed by atoms with van der Waals surface area (Å²) < 4.78 is 11.3. The van der Waals surface area contributed by atoms with Gasteiger partial charge in [-0.05, 0) is 51.1 Å². The molecule has 0 bridgehead atoms. The molecule has 2 rings (SSSR count). The minimum absolute atomic E-state index is 0.138. The first kappa shape index (κ1) is 25.5. The van der Waals surface area contributed by atoms with Crippen LogP contribution in [0.4, 0.5) is 0 Å². The van der Waals surface area contributed by atoms with Gasteiger partial charge in [-0.2, -0.15) is 11.8 Å². The molecule has 3 unspecified atom stereocenters. The summed E-state index contributed by atoms with van der Waals surface area (Å²) >= 11 is 7.76. The van der Waals surface area contributed by atoms with Gasteiger partial charge in [0.2, 0.25) is 0 Å². The number of ether oxygens (including phenoxy) is 2. The van der Waals surface area contributed by atoms with Gasteiger partial charge in [0.15, 0.2) is 17.9 Å². The fourth-order valence-corrected chi connectivity index (χ4v) is 3.85. The van der Waals surface area contributed by atoms with Crippen molar-refractivity contribution in [3.8, 4) is 5.75 Å². The van der Waals surface area contributed by atoms with Crippen molar-refractivity contribution in [1.82, 2.24) is 4.90 Å². The van der Waals surface area contributed by atoms with Crippen molar-refractivity contribution in [2.45, 2.75) is 58.4 Å². The highest BCUT2D eigenvalue weighted by Gasteiger charge is 2.44. The van der Waals surface area contributed by atoms with Crippen LogP contribution in [0, 0.1) is 5.92 Å². The van der Waals surface area contributed by atoms with Crippen molar-refractivity contribution >= 4 is 41.0 Å². The number of hydrogen-bond acceptors (Lipinski definition) is 7. The lowest BCUT2D eigenvalue weighted by Crippen LogP contribution is -2.52. The Morgan fingerprint density at radius 1 is 1.32 bits per heavy atom. The van der Waals surface area contributed by atoms with Crippen molar-refractivity contribution < 1.29 is 23.9 Å². The third-order valence-electron chi connectivity index (χ3n) is 4.74. The molecule has 1 heterocycles. The van der Waals surface area contributed by atoms with E-state index >= 15 is 0 Å². The second kappa shape index (κ2) is 10.2. The molecule has 0 saturated heterocycles. The zero-order valence-corrected chi connectivity index (χ0v) is 20.4. The maximum absolute atomic E-state index is 13.5. The molecule has 0 aromatic heterocycles. The highest BCUT2D eigenvalue weighted by Crippen LogP contribution is 2.38. The van der Waals surface area contributed by atoms with Gasteiger partial charge in [-0.25, -0.2) is 4.79 Å². The fraction of sp³-hybridized carbons (Fsp3) is 0.591. The number of thioether (sulfide) groups is 1. The smallest absolute Gasteiger partial charge is 0.331 e. The third kappa shape index (κ3) is 6.14. The number of halogens is 1. The highest BCUT2D eigenvalue weighted by molar-refractivity contribution is 7.98. The van der Waals surface area contributed by atoms with Gasteiger partial charge in [0.1, 0.15) is 17.4 Å². The van der Waals surface area contributed by atoms with Crippen molar-refractivity contribution in [3.63, 3.8) is 0 Å². The Morgan fingerprint density at radius 2 is 1.97 bits per heavy atom. The molecule has 0 fully saturated rings. The van der Waals surface area contributed by atoms with E-state index in [0.29, 0.717) is 22.1 Å². The Balaban J connectivity index is 2.58. The van der Waals surface area contributed by atoms with Crippen LogP contribution in [-0.2, 0) is 19.1 Å². The van der Waals surface area contributed by atoms with Crippen LogP contribution in [0.25, 0.3) is 0 Å². The number of ketones is 1. The van der Waals surface area contributed by atoms with Gasteiger partial charge < -0.3 is 20.1 Å². The minimum atomic E-state index is -1.56. The average Bonchev–Trinajstić information content (AvgIpc) is 2.78. The molecule has 0 aliphatic carbocycles. The largest absolute Gasteiger partial charge is 0.480 e. The molecule has 172 valence electrons. The lowest BCUT2D eigenvalue weighted by atomic mass is 9.95. The molecule has 1 amide bonds. The summed E-state index contributed by atoms with van der Waals surface area (Å²) in [5, 5.41) is 0.381. The molecule has 1 aromatic carbocycles. The standard InChI is InChI=1S/C22H31ClN2O5S/c1-12(2)19-20(27)25(9-10-31-6)17(14-11-13(23)7-8-15(14)29-19)18(26)16(24)21(28)30-22(3,4)5/h7-8,11-12,16-17,19H,9-10,24H2,1-6H3. The molecular weight excluding hydrogens is 440 g/mol. The number of rotatable bonds is 7. The van der Waals surface area contributed by atoms with Crippen LogP contribution in [0.1, 0.15) is 46.2 Å². The zero-order valence-electron chi connectivity index (χ0n) is 18.8. The monoisotopic (exact) mass is 470 g/mol. The first-order valence-electron chi connectivity index (χ1n) is 10.1. The summed E-state index contributed by atoms with van der Waals surface area (Å²) in [6.45, 7) is 9.11. The molecule has 0 spiro atoms. The summed E-state index contributed by atoms with van der Waals surface area (Å²) in [6, 6.07) is 2.19. The van der Waals surface area contributed by atoms with Gasteiger partial charge in [-0.1, -0.05) is 25.4 Å². The number of amides is 1. The van der Waals surface area contributed by atoms with Gasteiger partial charge >= 0.3 is 5.97 Å². The normalized spacial score (nSPS) is 20.0. The summed E-state index contributed by atoms with van der Waals surface area (Å²) in [6.07, 6.45) is 1.13. The lowest BCUT2D eigenvalue weighted by Gasteiger charge is -2.32. The summed E-state index contributed by atoms with van der Waals surface area (Å²) in [5.74, 6) is -0.980. The molecule has 1 aliphatic rings. The molecule has 9 heteroatoms. The number of benzene rings is 1. The van der Waals surface area contributed by atoms with E-state index in [4.69, 9.17) is 26.8 Å². The fourth-order valence-electron chi connectivity index (χ4n) is 3.29. The topological polar surface area (TPSA) is 98.9 Å². The Labute approximate surface area is 193 Å². The van der Waals surface area contributed by atoms with Crippen LogP contribution in [0.15, 0.2) is 18.2 Å². The Hall–Kier alpha value is -1.77. The van der Waals surface area contributed by atoms with Crippen LogP contribution in [0.2, 0.25) is 5.02 Å². The number of esters is 1. The zero-order chi connectivity index (χ0) is 23.5. The number of carbonyl (C=O) groups excluding carboxylic acids is 3. The van der Waals surface area contributed by atoms with E-state index in [0.717, 1.165) is 0 Å². The number of fused-ring (bicyclic) bond motifs is 1. The molecular formula is C22H31ClN2O5S. The Morgan fingerprint density at radius 3 is 2.52 bits per heavy atom. The molecule has 3 atom stereocenters. The first-order valence-corrected chi connectivity index (χ1v) is 11.9. The molecule has 0 radical (unpaired) electrons. The van der Waals surface area contributed by atoms with E-state index in [1.807, 2.05) is 20.1 Å². The van der Waals surface area contributed by atoms with E-state index in [1.54, 1.807) is 39.0 Å². The van der Waals surface area contributed by atoms with Crippen LogP contribution >= 0.6 is 23.4 Å². The van der Waals surface area contributed by atoms with Gasteiger partial charge in [0.25, 0.3) is 5.91 Å². The maximum atomic E-state index is 13.5. The van der Waals surface area contributed by atoms with Gasteiger partial charge in [-0.15, -0.1) is 0 Å². The third-order valence-corrected chi connectivity index (χ3v) is 5.56.